The fourth-order valence-corrected chi connectivity index (χ4v) is 3.50. The zero-order chi connectivity index (χ0) is 18.4. The Kier molecular flexibility index (Phi) is 5.89. The lowest BCUT2D eigenvalue weighted by Crippen LogP contribution is -2.46. The molecule has 26 heavy (non-hydrogen) atoms. The summed E-state index contributed by atoms with van der Waals surface area (Å²) in [4.78, 5) is 18.1. The minimum absolute atomic E-state index is 0.0189. The number of rotatable bonds is 7. The summed E-state index contributed by atoms with van der Waals surface area (Å²) < 4.78 is 5.84. The molecule has 0 radical (unpaired) electrons. The number of hydrogen-bond donors (Lipinski definition) is 1. The average Bonchev–Trinajstić information content (AvgIpc) is 2.69. The first-order valence-electron chi connectivity index (χ1n) is 9.13. The highest BCUT2D eigenvalue weighted by atomic mass is 16.5. The number of carbonyl (C=O) groups excluding carboxylic acids is 1. The van der Waals surface area contributed by atoms with Crippen molar-refractivity contribution >= 4 is 11.6 Å². The van der Waals surface area contributed by atoms with Gasteiger partial charge in [0.05, 0.1) is 13.2 Å². The number of benzene rings is 1. The Morgan fingerprint density at radius 1 is 1.27 bits per heavy atom. The molecule has 1 aliphatic heterocycles. The van der Waals surface area contributed by atoms with Gasteiger partial charge in [0.1, 0.15) is 11.6 Å². The minimum atomic E-state index is -0.187. The summed E-state index contributed by atoms with van der Waals surface area (Å²) in [7, 11) is 0. The molecule has 0 spiro atoms. The van der Waals surface area contributed by atoms with Crippen LogP contribution in [0.4, 0.5) is 5.82 Å². The molecule has 3 rings (SSSR count). The van der Waals surface area contributed by atoms with E-state index in [0.29, 0.717) is 12.2 Å². The van der Waals surface area contributed by atoms with Gasteiger partial charge >= 0.3 is 0 Å². The van der Waals surface area contributed by atoms with Crippen LogP contribution in [0.2, 0.25) is 0 Å². The molecule has 5 heteroatoms. The van der Waals surface area contributed by atoms with E-state index in [1.54, 1.807) is 13.1 Å². The van der Waals surface area contributed by atoms with Crippen molar-refractivity contribution in [2.75, 3.05) is 31.2 Å². The number of carbonyl (C=O) groups is 1. The fourth-order valence-electron chi connectivity index (χ4n) is 3.50. The number of anilines is 1. The van der Waals surface area contributed by atoms with Crippen molar-refractivity contribution < 1.29 is 14.6 Å². The number of para-hydroxylation sites is 1. The molecule has 0 amide bonds. The van der Waals surface area contributed by atoms with Gasteiger partial charge in [0.25, 0.3) is 0 Å². The summed E-state index contributed by atoms with van der Waals surface area (Å²) in [6.45, 7) is 3.91. The molecular formula is C21H26N2O3. The molecular weight excluding hydrogens is 328 g/mol. The Balaban J connectivity index is 1.63. The van der Waals surface area contributed by atoms with Crippen LogP contribution in [0.25, 0.3) is 0 Å². The van der Waals surface area contributed by atoms with Gasteiger partial charge in [-0.15, -0.1) is 0 Å². The molecule has 2 aromatic rings. The van der Waals surface area contributed by atoms with Crippen molar-refractivity contribution in [1.82, 2.24) is 4.98 Å². The SMILES string of the molecule is CC(=O)c1ccc(N2CCCC(CO)(CCOc3ccccc3)C2)nc1. The van der Waals surface area contributed by atoms with Crippen molar-refractivity contribution in [1.29, 1.82) is 0 Å². The molecule has 2 heterocycles. The first-order chi connectivity index (χ1) is 12.6. The van der Waals surface area contributed by atoms with Crippen molar-refractivity contribution in [2.45, 2.75) is 26.2 Å². The Bertz CT molecular complexity index is 718. The summed E-state index contributed by atoms with van der Waals surface area (Å²) >= 11 is 0. The number of hydrogen-bond acceptors (Lipinski definition) is 5. The summed E-state index contributed by atoms with van der Waals surface area (Å²) in [6, 6.07) is 13.5. The van der Waals surface area contributed by atoms with Gasteiger partial charge in [0, 0.05) is 30.3 Å². The average molecular weight is 354 g/mol. The summed E-state index contributed by atoms with van der Waals surface area (Å²) in [5, 5.41) is 10.1. The van der Waals surface area contributed by atoms with Crippen LogP contribution in [0.5, 0.6) is 5.75 Å². The molecule has 0 aliphatic carbocycles. The number of nitrogens with zero attached hydrogens (tertiary/aromatic N) is 2. The van der Waals surface area contributed by atoms with E-state index in [-0.39, 0.29) is 17.8 Å². The summed E-state index contributed by atoms with van der Waals surface area (Å²) in [6.07, 6.45) is 4.40. The van der Waals surface area contributed by atoms with Crippen LogP contribution in [0.3, 0.4) is 0 Å². The number of Topliss-reactive ketones (excluding diaryl/α,β-unsaturated/α-hetero) is 1. The quantitative estimate of drug-likeness (QED) is 0.773. The van der Waals surface area contributed by atoms with Crippen molar-refractivity contribution in [2.24, 2.45) is 5.41 Å². The van der Waals surface area contributed by atoms with Gasteiger partial charge in [0.2, 0.25) is 0 Å². The van der Waals surface area contributed by atoms with Crippen LogP contribution in [-0.2, 0) is 0 Å². The normalized spacial score (nSPS) is 20.0. The van der Waals surface area contributed by atoms with E-state index in [0.717, 1.165) is 43.9 Å². The third kappa shape index (κ3) is 4.41. The first-order valence-corrected chi connectivity index (χ1v) is 9.13. The molecule has 1 fully saturated rings. The van der Waals surface area contributed by atoms with Crippen LogP contribution >= 0.6 is 0 Å². The topological polar surface area (TPSA) is 62.7 Å². The number of aliphatic hydroxyl groups is 1. The van der Waals surface area contributed by atoms with Crippen LogP contribution in [0, 0.1) is 5.41 Å². The highest BCUT2D eigenvalue weighted by Gasteiger charge is 2.35. The third-order valence-corrected chi connectivity index (χ3v) is 5.12. The van der Waals surface area contributed by atoms with Crippen LogP contribution < -0.4 is 9.64 Å². The van der Waals surface area contributed by atoms with E-state index in [9.17, 15) is 9.90 Å². The van der Waals surface area contributed by atoms with E-state index in [2.05, 4.69) is 9.88 Å². The van der Waals surface area contributed by atoms with Gasteiger partial charge in [-0.25, -0.2) is 4.98 Å². The maximum absolute atomic E-state index is 11.4. The van der Waals surface area contributed by atoms with Gasteiger partial charge in [-0.2, -0.15) is 0 Å². The Morgan fingerprint density at radius 3 is 2.73 bits per heavy atom. The van der Waals surface area contributed by atoms with Crippen molar-refractivity contribution in [3.8, 4) is 5.75 Å². The fraction of sp³-hybridized carbons (Fsp3) is 0.429. The van der Waals surface area contributed by atoms with Gasteiger partial charge < -0.3 is 14.7 Å². The lowest BCUT2D eigenvalue weighted by Gasteiger charge is -2.42. The smallest absolute Gasteiger partial charge is 0.161 e. The molecule has 1 aromatic heterocycles. The minimum Gasteiger partial charge on any atom is -0.494 e. The zero-order valence-electron chi connectivity index (χ0n) is 15.2. The largest absolute Gasteiger partial charge is 0.494 e. The van der Waals surface area contributed by atoms with Crippen LogP contribution in [-0.4, -0.2) is 42.2 Å². The molecule has 5 nitrogen and oxygen atoms in total. The second-order valence-electron chi connectivity index (χ2n) is 7.06. The Morgan fingerprint density at radius 2 is 2.08 bits per heavy atom. The number of ketones is 1. The highest BCUT2D eigenvalue weighted by molar-refractivity contribution is 5.93. The predicted molar refractivity (Wildman–Crippen MR) is 102 cm³/mol. The van der Waals surface area contributed by atoms with Gasteiger partial charge in [-0.3, -0.25) is 4.79 Å². The van der Waals surface area contributed by atoms with Crippen LogP contribution in [0.1, 0.15) is 36.5 Å². The summed E-state index contributed by atoms with van der Waals surface area (Å²) in [5.41, 5.74) is 0.434. The third-order valence-electron chi connectivity index (χ3n) is 5.12. The molecule has 0 bridgehead atoms. The van der Waals surface area contributed by atoms with Gasteiger partial charge in [-0.1, -0.05) is 18.2 Å². The van der Waals surface area contributed by atoms with E-state index < -0.39 is 0 Å². The lowest BCUT2D eigenvalue weighted by molar-refractivity contribution is 0.0792. The first kappa shape index (κ1) is 18.4. The van der Waals surface area contributed by atoms with E-state index in [1.165, 1.54) is 0 Å². The molecule has 1 unspecified atom stereocenters. The van der Waals surface area contributed by atoms with E-state index >= 15 is 0 Å². The highest BCUT2D eigenvalue weighted by Crippen LogP contribution is 2.35. The molecule has 138 valence electrons. The molecule has 1 atom stereocenters. The molecule has 1 saturated heterocycles. The lowest BCUT2D eigenvalue weighted by atomic mass is 9.78. The molecule has 1 aromatic carbocycles. The Labute approximate surface area is 154 Å². The number of aliphatic hydroxyl groups excluding tert-OH is 1. The molecule has 1 aliphatic rings. The Hall–Kier alpha value is -2.40. The van der Waals surface area contributed by atoms with E-state index in [1.807, 2.05) is 42.5 Å². The zero-order valence-corrected chi connectivity index (χ0v) is 15.2. The van der Waals surface area contributed by atoms with E-state index in [4.69, 9.17) is 4.74 Å². The summed E-state index contributed by atoms with van der Waals surface area (Å²) in [5.74, 6) is 1.73. The standard InChI is InChI=1S/C21H26N2O3/c1-17(25)18-8-9-20(22-14-18)23-12-5-10-21(15-23,16-24)11-13-26-19-6-3-2-4-7-19/h2-4,6-9,14,24H,5,10-13,15-16H2,1H3. The monoisotopic (exact) mass is 354 g/mol. The maximum atomic E-state index is 11.4. The molecule has 0 saturated carbocycles. The number of pyridine rings is 1. The second kappa shape index (κ2) is 8.32. The maximum Gasteiger partial charge on any atom is 0.161 e. The van der Waals surface area contributed by atoms with Gasteiger partial charge in [-0.05, 0) is 50.5 Å². The van der Waals surface area contributed by atoms with Crippen molar-refractivity contribution in [3.05, 3.63) is 54.2 Å². The molecule has 1 N–H and O–H groups in total. The number of piperidine rings is 1. The number of ether oxygens (including phenoxy) is 1. The van der Waals surface area contributed by atoms with Gasteiger partial charge in [0.15, 0.2) is 5.78 Å². The van der Waals surface area contributed by atoms with Crippen molar-refractivity contribution in [3.63, 3.8) is 0 Å². The predicted octanol–water partition coefficient (Wildman–Crippen LogP) is 3.33. The second-order valence-corrected chi connectivity index (χ2v) is 7.06. The van der Waals surface area contributed by atoms with Crippen LogP contribution in [0.15, 0.2) is 48.7 Å². The number of aromatic nitrogens is 1.